The largest absolute Gasteiger partial charge is 0.493 e. The van der Waals surface area contributed by atoms with Gasteiger partial charge in [0.05, 0.1) is 6.61 Å². The summed E-state index contributed by atoms with van der Waals surface area (Å²) in [4.78, 5) is 13.0. The van der Waals surface area contributed by atoms with Gasteiger partial charge in [-0.25, -0.2) is 4.39 Å². The Labute approximate surface area is 164 Å². The van der Waals surface area contributed by atoms with Gasteiger partial charge in [-0.05, 0) is 76.8 Å². The summed E-state index contributed by atoms with van der Waals surface area (Å²) in [6, 6.07) is 7.15. The standard InChI is InChI=1S/C23H25FN2O2/c1-23(2)6-3-15-9-16(12-18(24)20(15)23)26-22(27)21-17-10-14-5-8-28-19(14)11-13(17)4-7-25-21/h9-12,21,25H,3-8H2,1-2H3,(H,26,27)/t21-/m1/s1. The average molecular weight is 380 g/mol. The lowest BCUT2D eigenvalue weighted by Crippen LogP contribution is -2.38. The highest BCUT2D eigenvalue weighted by atomic mass is 19.1. The molecule has 3 aliphatic rings. The van der Waals surface area contributed by atoms with Crippen molar-refractivity contribution in [3.05, 3.63) is 57.9 Å². The second-order valence-corrected chi connectivity index (χ2v) is 8.76. The van der Waals surface area contributed by atoms with Crippen LogP contribution in [0.1, 0.15) is 54.1 Å². The fraction of sp³-hybridized carbons (Fsp3) is 0.435. The van der Waals surface area contributed by atoms with Crippen molar-refractivity contribution < 1.29 is 13.9 Å². The first kappa shape index (κ1) is 17.7. The predicted molar refractivity (Wildman–Crippen MR) is 106 cm³/mol. The Morgan fingerprint density at radius 1 is 1.14 bits per heavy atom. The number of carbonyl (C=O) groups excluding carboxylic acids is 1. The van der Waals surface area contributed by atoms with E-state index in [0.717, 1.165) is 65.8 Å². The maximum absolute atomic E-state index is 14.7. The van der Waals surface area contributed by atoms with Gasteiger partial charge < -0.3 is 15.4 Å². The molecule has 0 radical (unpaired) electrons. The molecule has 5 rings (SSSR count). The van der Waals surface area contributed by atoms with E-state index in [-0.39, 0.29) is 17.1 Å². The van der Waals surface area contributed by atoms with Crippen LogP contribution in [0, 0.1) is 5.82 Å². The molecule has 5 heteroatoms. The molecule has 1 atom stereocenters. The van der Waals surface area contributed by atoms with Crippen LogP contribution >= 0.6 is 0 Å². The van der Waals surface area contributed by atoms with Crippen LogP contribution in [0.5, 0.6) is 5.75 Å². The van der Waals surface area contributed by atoms with Gasteiger partial charge in [-0.1, -0.05) is 13.8 Å². The number of amides is 1. The highest BCUT2D eigenvalue weighted by Gasteiger charge is 2.34. The van der Waals surface area contributed by atoms with Crippen molar-refractivity contribution in [2.75, 3.05) is 18.5 Å². The number of fused-ring (bicyclic) bond motifs is 3. The smallest absolute Gasteiger partial charge is 0.246 e. The Bertz CT molecular complexity index is 983. The van der Waals surface area contributed by atoms with Gasteiger partial charge in [-0.2, -0.15) is 0 Å². The molecule has 0 saturated carbocycles. The summed E-state index contributed by atoms with van der Waals surface area (Å²) in [5.74, 6) is 0.585. The molecule has 2 aromatic carbocycles. The number of aryl methyl sites for hydroxylation is 1. The van der Waals surface area contributed by atoms with Crippen LogP contribution < -0.4 is 15.4 Å². The van der Waals surface area contributed by atoms with Crippen molar-refractivity contribution in [1.29, 1.82) is 0 Å². The summed E-state index contributed by atoms with van der Waals surface area (Å²) < 4.78 is 20.4. The Morgan fingerprint density at radius 3 is 2.86 bits per heavy atom. The summed E-state index contributed by atoms with van der Waals surface area (Å²) in [7, 11) is 0. The van der Waals surface area contributed by atoms with Crippen LogP contribution in [0.3, 0.4) is 0 Å². The lowest BCUT2D eigenvalue weighted by molar-refractivity contribution is -0.118. The Morgan fingerprint density at radius 2 is 2.00 bits per heavy atom. The molecular weight excluding hydrogens is 355 g/mol. The van der Waals surface area contributed by atoms with Gasteiger partial charge in [0.25, 0.3) is 0 Å². The second kappa shape index (κ2) is 6.31. The number of benzene rings is 2. The minimum absolute atomic E-state index is 0.142. The highest BCUT2D eigenvalue weighted by molar-refractivity contribution is 5.96. The van der Waals surface area contributed by atoms with Crippen LogP contribution in [0.2, 0.25) is 0 Å². The molecular formula is C23H25FN2O2. The summed E-state index contributed by atoms with van der Waals surface area (Å²) >= 11 is 0. The average Bonchev–Trinajstić information content (AvgIpc) is 3.22. The number of hydrogen-bond acceptors (Lipinski definition) is 3. The third kappa shape index (κ3) is 2.80. The number of rotatable bonds is 2. The number of ether oxygens (including phenoxy) is 1. The fourth-order valence-electron chi connectivity index (χ4n) is 4.94. The molecule has 0 saturated heterocycles. The minimum Gasteiger partial charge on any atom is -0.493 e. The first-order chi connectivity index (χ1) is 13.4. The number of halogens is 1. The van der Waals surface area contributed by atoms with Crippen LogP contribution in [0.4, 0.5) is 10.1 Å². The molecule has 1 aliphatic carbocycles. The zero-order valence-electron chi connectivity index (χ0n) is 16.3. The van der Waals surface area contributed by atoms with E-state index in [1.165, 1.54) is 6.07 Å². The molecule has 1 amide bonds. The summed E-state index contributed by atoms with van der Waals surface area (Å²) in [6.07, 6.45) is 3.53. The van der Waals surface area contributed by atoms with E-state index in [0.29, 0.717) is 12.3 Å². The van der Waals surface area contributed by atoms with Crippen LogP contribution in [-0.2, 0) is 29.5 Å². The second-order valence-electron chi connectivity index (χ2n) is 8.76. The molecule has 0 unspecified atom stereocenters. The molecule has 0 spiro atoms. The summed E-state index contributed by atoms with van der Waals surface area (Å²) in [6.45, 7) is 5.58. The number of carbonyl (C=O) groups is 1. The van der Waals surface area contributed by atoms with Gasteiger partial charge in [0.2, 0.25) is 5.91 Å². The van der Waals surface area contributed by atoms with E-state index in [4.69, 9.17) is 4.74 Å². The van der Waals surface area contributed by atoms with Crippen LogP contribution in [0.15, 0.2) is 24.3 Å². The zero-order valence-corrected chi connectivity index (χ0v) is 16.3. The highest BCUT2D eigenvalue weighted by Crippen LogP contribution is 2.41. The maximum Gasteiger partial charge on any atom is 0.246 e. The topological polar surface area (TPSA) is 50.4 Å². The molecule has 0 aromatic heterocycles. The van der Waals surface area contributed by atoms with E-state index in [2.05, 4.69) is 36.6 Å². The minimum atomic E-state index is -0.428. The lowest BCUT2D eigenvalue weighted by atomic mass is 9.86. The Balaban J connectivity index is 1.43. The predicted octanol–water partition coefficient (Wildman–Crippen LogP) is 3.81. The molecule has 0 fully saturated rings. The molecule has 4 nitrogen and oxygen atoms in total. The quantitative estimate of drug-likeness (QED) is 0.833. The van der Waals surface area contributed by atoms with Crippen LogP contribution in [-0.4, -0.2) is 19.1 Å². The Hall–Kier alpha value is -2.40. The normalized spacial score (nSPS) is 21.5. The molecule has 2 N–H and O–H groups in total. The van der Waals surface area contributed by atoms with Gasteiger partial charge in [-0.15, -0.1) is 0 Å². The van der Waals surface area contributed by atoms with Crippen molar-refractivity contribution >= 4 is 11.6 Å². The molecule has 2 aliphatic heterocycles. The Kier molecular flexibility index (Phi) is 3.98. The van der Waals surface area contributed by atoms with Crippen molar-refractivity contribution in [2.45, 2.75) is 51.0 Å². The molecule has 146 valence electrons. The number of nitrogens with one attached hydrogen (secondary N) is 2. The molecule has 28 heavy (non-hydrogen) atoms. The third-order valence-corrected chi connectivity index (χ3v) is 6.40. The van der Waals surface area contributed by atoms with Crippen molar-refractivity contribution in [3.8, 4) is 5.75 Å². The molecule has 2 heterocycles. The van der Waals surface area contributed by atoms with Crippen molar-refractivity contribution in [2.24, 2.45) is 0 Å². The van der Waals surface area contributed by atoms with E-state index in [9.17, 15) is 9.18 Å². The number of hydrogen-bond donors (Lipinski definition) is 2. The van der Waals surface area contributed by atoms with Gasteiger partial charge in [-0.3, -0.25) is 4.79 Å². The van der Waals surface area contributed by atoms with Gasteiger partial charge >= 0.3 is 0 Å². The first-order valence-corrected chi connectivity index (χ1v) is 10.1. The summed E-state index contributed by atoms with van der Waals surface area (Å²) in [5.41, 5.74) is 5.52. The van der Waals surface area contributed by atoms with Gasteiger partial charge in [0, 0.05) is 18.7 Å². The fourth-order valence-corrected chi connectivity index (χ4v) is 4.94. The molecule has 2 aromatic rings. The third-order valence-electron chi connectivity index (χ3n) is 6.40. The van der Waals surface area contributed by atoms with Gasteiger partial charge in [0.1, 0.15) is 17.6 Å². The van der Waals surface area contributed by atoms with Crippen molar-refractivity contribution in [3.63, 3.8) is 0 Å². The SMILES string of the molecule is CC1(C)CCc2cc(NC(=O)[C@@H]3NCCc4cc5c(cc43)CCO5)cc(F)c21. The maximum atomic E-state index is 14.7. The van der Waals surface area contributed by atoms with E-state index >= 15 is 0 Å². The monoisotopic (exact) mass is 380 g/mol. The summed E-state index contributed by atoms with van der Waals surface area (Å²) in [5, 5.41) is 6.27. The van der Waals surface area contributed by atoms with E-state index in [1.54, 1.807) is 0 Å². The molecule has 0 bridgehead atoms. The zero-order chi connectivity index (χ0) is 19.5. The van der Waals surface area contributed by atoms with E-state index < -0.39 is 6.04 Å². The number of anilines is 1. The van der Waals surface area contributed by atoms with E-state index in [1.807, 2.05) is 6.07 Å². The van der Waals surface area contributed by atoms with Gasteiger partial charge in [0.15, 0.2) is 0 Å². The lowest BCUT2D eigenvalue weighted by Gasteiger charge is -2.27. The van der Waals surface area contributed by atoms with Crippen molar-refractivity contribution in [1.82, 2.24) is 5.32 Å². The first-order valence-electron chi connectivity index (χ1n) is 10.1. The van der Waals surface area contributed by atoms with Crippen LogP contribution in [0.25, 0.3) is 0 Å².